The Kier molecular flexibility index (Phi) is 3.54. The second-order valence-electron chi connectivity index (χ2n) is 3.52. The van der Waals surface area contributed by atoms with Crippen molar-refractivity contribution >= 4 is 33.0 Å². The van der Waals surface area contributed by atoms with Crippen LogP contribution in [0.1, 0.15) is 15.4 Å². The molecular formula is C11H10BrN3OS. The zero-order valence-corrected chi connectivity index (χ0v) is 11.5. The molecule has 0 aliphatic heterocycles. The van der Waals surface area contributed by atoms with Crippen LogP contribution in [0.5, 0.6) is 0 Å². The second kappa shape index (κ2) is 4.93. The maximum absolute atomic E-state index is 12.0. The normalized spacial score (nSPS) is 10.5. The van der Waals surface area contributed by atoms with Crippen LogP contribution in [-0.4, -0.2) is 15.6 Å². The van der Waals surface area contributed by atoms with Crippen molar-refractivity contribution in [1.82, 2.24) is 9.78 Å². The van der Waals surface area contributed by atoms with Crippen molar-refractivity contribution < 1.29 is 4.79 Å². The van der Waals surface area contributed by atoms with Crippen LogP contribution in [0, 0.1) is 12.3 Å². The summed E-state index contributed by atoms with van der Waals surface area (Å²) in [5.74, 6) is -0.0462. The smallest absolute Gasteiger partial charge is 0.200 e. The van der Waals surface area contributed by atoms with Crippen LogP contribution in [0.2, 0.25) is 0 Å². The molecule has 88 valence electrons. The second-order valence-corrected chi connectivity index (χ2v) is 5.61. The van der Waals surface area contributed by atoms with E-state index in [4.69, 9.17) is 5.41 Å². The standard InChI is InChI=1S/C11H10BrN3OS/c1-7-14-15(11(13)17-7)6-10(16)8-3-2-4-9(12)5-8/h2-5,13H,6H2,1H3. The minimum absolute atomic E-state index is 0.0462. The SMILES string of the molecule is Cc1nn(CC(=O)c2cccc(Br)c2)c(=N)s1. The molecule has 0 saturated carbocycles. The van der Waals surface area contributed by atoms with Crippen molar-refractivity contribution in [3.05, 3.63) is 44.1 Å². The van der Waals surface area contributed by atoms with Crippen LogP contribution >= 0.6 is 27.3 Å². The lowest BCUT2D eigenvalue weighted by molar-refractivity contribution is 0.0966. The van der Waals surface area contributed by atoms with Gasteiger partial charge in [0, 0.05) is 10.0 Å². The van der Waals surface area contributed by atoms with Crippen molar-refractivity contribution in [3.8, 4) is 0 Å². The van der Waals surface area contributed by atoms with Crippen molar-refractivity contribution in [3.63, 3.8) is 0 Å². The molecule has 1 heterocycles. The fraction of sp³-hybridized carbons (Fsp3) is 0.182. The third-order valence-corrected chi connectivity index (χ3v) is 3.45. The molecule has 1 aromatic heterocycles. The summed E-state index contributed by atoms with van der Waals surface area (Å²) in [5, 5.41) is 12.5. The molecule has 2 rings (SSSR count). The number of aromatic nitrogens is 2. The van der Waals surface area contributed by atoms with Gasteiger partial charge in [-0.25, -0.2) is 4.68 Å². The summed E-state index contributed by atoms with van der Waals surface area (Å²) < 4.78 is 2.29. The number of halogens is 1. The Balaban J connectivity index is 2.23. The number of carbonyl (C=O) groups excluding carboxylic acids is 1. The highest BCUT2D eigenvalue weighted by molar-refractivity contribution is 9.10. The molecule has 17 heavy (non-hydrogen) atoms. The van der Waals surface area contributed by atoms with Gasteiger partial charge in [0.15, 0.2) is 5.78 Å². The number of benzene rings is 1. The van der Waals surface area contributed by atoms with E-state index in [1.165, 1.54) is 16.0 Å². The van der Waals surface area contributed by atoms with Gasteiger partial charge in [-0.15, -0.1) is 0 Å². The topological polar surface area (TPSA) is 58.7 Å². The predicted molar refractivity (Wildman–Crippen MR) is 69.2 cm³/mol. The average molecular weight is 312 g/mol. The zero-order valence-electron chi connectivity index (χ0n) is 9.11. The van der Waals surface area contributed by atoms with E-state index in [1.807, 2.05) is 19.1 Å². The molecule has 0 saturated heterocycles. The van der Waals surface area contributed by atoms with E-state index in [9.17, 15) is 4.79 Å². The van der Waals surface area contributed by atoms with Gasteiger partial charge in [0.1, 0.15) is 11.6 Å². The molecular weight excluding hydrogens is 302 g/mol. The Hall–Kier alpha value is -1.27. The van der Waals surface area contributed by atoms with E-state index in [0.29, 0.717) is 10.4 Å². The molecule has 0 bridgehead atoms. The van der Waals surface area contributed by atoms with E-state index in [-0.39, 0.29) is 12.3 Å². The molecule has 4 nitrogen and oxygen atoms in total. The lowest BCUT2D eigenvalue weighted by Crippen LogP contribution is -2.21. The molecule has 0 fully saturated rings. The molecule has 0 atom stereocenters. The summed E-state index contributed by atoms with van der Waals surface area (Å²) in [6, 6.07) is 7.21. The number of rotatable bonds is 3. The van der Waals surface area contributed by atoms with Crippen LogP contribution in [0.25, 0.3) is 0 Å². The third kappa shape index (κ3) is 2.89. The number of Topliss-reactive ketones (excluding diaryl/α,β-unsaturated/α-hetero) is 1. The molecule has 1 N–H and O–H groups in total. The number of carbonyl (C=O) groups is 1. The lowest BCUT2D eigenvalue weighted by Gasteiger charge is -2.01. The molecule has 2 aromatic rings. The maximum atomic E-state index is 12.0. The minimum Gasteiger partial charge on any atom is -0.292 e. The van der Waals surface area contributed by atoms with Crippen molar-refractivity contribution in [2.24, 2.45) is 0 Å². The Morgan fingerprint density at radius 3 is 2.94 bits per heavy atom. The first-order valence-corrected chi connectivity index (χ1v) is 6.55. The fourth-order valence-electron chi connectivity index (χ4n) is 1.42. The third-order valence-electron chi connectivity index (χ3n) is 2.18. The van der Waals surface area contributed by atoms with E-state index in [1.54, 1.807) is 12.1 Å². The van der Waals surface area contributed by atoms with Gasteiger partial charge in [-0.05, 0) is 19.1 Å². The largest absolute Gasteiger partial charge is 0.292 e. The summed E-state index contributed by atoms with van der Waals surface area (Å²) in [6.45, 7) is 1.93. The highest BCUT2D eigenvalue weighted by atomic mass is 79.9. The molecule has 6 heteroatoms. The van der Waals surface area contributed by atoms with Gasteiger partial charge in [-0.3, -0.25) is 10.2 Å². The number of aryl methyl sites for hydroxylation is 1. The summed E-state index contributed by atoms with van der Waals surface area (Å²) >= 11 is 4.59. The Labute approximate surface area is 111 Å². The van der Waals surface area contributed by atoms with Crippen LogP contribution in [0.15, 0.2) is 28.7 Å². The number of nitrogens with zero attached hydrogens (tertiary/aromatic N) is 2. The van der Waals surface area contributed by atoms with Crippen LogP contribution in [0.3, 0.4) is 0 Å². The molecule has 0 spiro atoms. The summed E-state index contributed by atoms with van der Waals surface area (Å²) in [5.41, 5.74) is 0.622. The van der Waals surface area contributed by atoms with Crippen molar-refractivity contribution in [1.29, 1.82) is 5.41 Å². The van der Waals surface area contributed by atoms with E-state index >= 15 is 0 Å². The molecule has 0 unspecified atom stereocenters. The van der Waals surface area contributed by atoms with Crippen molar-refractivity contribution in [2.45, 2.75) is 13.5 Å². The molecule has 1 aromatic carbocycles. The van der Waals surface area contributed by atoms with Gasteiger partial charge in [-0.1, -0.05) is 39.4 Å². The Morgan fingerprint density at radius 2 is 2.35 bits per heavy atom. The number of hydrogen-bond donors (Lipinski definition) is 1. The number of nitrogens with one attached hydrogen (secondary N) is 1. The highest BCUT2D eigenvalue weighted by Gasteiger charge is 2.09. The van der Waals surface area contributed by atoms with Crippen LogP contribution < -0.4 is 4.80 Å². The van der Waals surface area contributed by atoms with Gasteiger partial charge in [-0.2, -0.15) is 5.10 Å². The molecule has 0 amide bonds. The van der Waals surface area contributed by atoms with Gasteiger partial charge in [0.25, 0.3) is 0 Å². The summed E-state index contributed by atoms with van der Waals surface area (Å²) in [6.07, 6.45) is 0. The van der Waals surface area contributed by atoms with Gasteiger partial charge < -0.3 is 0 Å². The van der Waals surface area contributed by atoms with E-state index in [0.717, 1.165) is 9.48 Å². The average Bonchev–Trinajstić information content (AvgIpc) is 2.57. The monoisotopic (exact) mass is 311 g/mol. The Morgan fingerprint density at radius 1 is 1.59 bits per heavy atom. The first kappa shape index (κ1) is 12.2. The lowest BCUT2D eigenvalue weighted by atomic mass is 10.1. The molecule has 0 radical (unpaired) electrons. The van der Waals surface area contributed by atoms with Crippen LogP contribution in [0.4, 0.5) is 0 Å². The highest BCUT2D eigenvalue weighted by Crippen LogP contribution is 2.12. The van der Waals surface area contributed by atoms with Gasteiger partial charge in [0.05, 0.1) is 0 Å². The first-order valence-electron chi connectivity index (χ1n) is 4.94. The number of hydrogen-bond acceptors (Lipinski definition) is 4. The van der Waals surface area contributed by atoms with E-state index < -0.39 is 0 Å². The summed E-state index contributed by atoms with van der Waals surface area (Å²) in [7, 11) is 0. The van der Waals surface area contributed by atoms with Gasteiger partial charge >= 0.3 is 0 Å². The molecule has 0 aliphatic rings. The van der Waals surface area contributed by atoms with Crippen LogP contribution in [-0.2, 0) is 6.54 Å². The summed E-state index contributed by atoms with van der Waals surface area (Å²) in [4.78, 5) is 12.3. The van der Waals surface area contributed by atoms with E-state index in [2.05, 4.69) is 21.0 Å². The molecule has 0 aliphatic carbocycles. The zero-order chi connectivity index (χ0) is 12.4. The quantitative estimate of drug-likeness (QED) is 0.885. The fourth-order valence-corrected chi connectivity index (χ4v) is 2.45. The first-order chi connectivity index (χ1) is 8.06. The van der Waals surface area contributed by atoms with Gasteiger partial charge in [0.2, 0.25) is 4.80 Å². The Bertz CT molecular complexity index is 617. The van der Waals surface area contributed by atoms with Crippen molar-refractivity contribution in [2.75, 3.05) is 0 Å². The minimum atomic E-state index is -0.0462. The number of ketones is 1. The predicted octanol–water partition coefficient (Wildman–Crippen LogP) is 2.38. The maximum Gasteiger partial charge on any atom is 0.200 e.